The van der Waals surface area contributed by atoms with E-state index in [1.165, 1.54) is 5.56 Å². The monoisotopic (exact) mass is 1660 g/mol. The van der Waals surface area contributed by atoms with Crippen molar-refractivity contribution in [3.8, 4) is 118 Å². The van der Waals surface area contributed by atoms with Crippen LogP contribution in [0.5, 0.6) is 0 Å². The average molecular weight is 1660 g/mol. The van der Waals surface area contributed by atoms with Gasteiger partial charge in [0.1, 0.15) is 0 Å². The number of fused-ring (bicyclic) bond motifs is 9. The Bertz CT molecular complexity index is 6290. The van der Waals surface area contributed by atoms with E-state index in [0.717, 1.165) is 192 Å². The van der Waals surface area contributed by atoms with Gasteiger partial charge in [0.05, 0.1) is 95.2 Å². The van der Waals surface area contributed by atoms with Crippen LogP contribution in [-0.4, -0.2) is 58.6 Å². The quantitative estimate of drug-likeness (QED) is 0.117. The normalized spacial score (nSPS) is 11.3. The van der Waals surface area contributed by atoms with Crippen LogP contribution in [0.15, 0.2) is 397 Å². The van der Waals surface area contributed by atoms with Crippen molar-refractivity contribution >= 4 is 114 Å². The van der Waals surface area contributed by atoms with E-state index < -0.39 is 0 Å². The number of aromatic nitrogens is 12. The van der Waals surface area contributed by atoms with Crippen LogP contribution in [-0.2, 0) is 0 Å². The van der Waals surface area contributed by atoms with Crippen molar-refractivity contribution in [1.29, 1.82) is 0 Å². The molecule has 15 heteroatoms. The lowest BCUT2D eigenvalue weighted by molar-refractivity contribution is 1.17. The molecule has 0 saturated heterocycles. The lowest BCUT2D eigenvalue weighted by Crippen LogP contribution is -1.96. The first-order chi connectivity index (χ1) is 56.2. The van der Waals surface area contributed by atoms with Crippen LogP contribution in [0, 0.1) is 0 Å². The zero-order valence-electron chi connectivity index (χ0n) is 60.9. The summed E-state index contributed by atoms with van der Waals surface area (Å²) in [6.07, 6.45) is 12.8. The number of hydrogen-bond acceptors (Lipinski definition) is 9. The van der Waals surface area contributed by atoms with E-state index in [-0.39, 0.29) is 0 Å². The molecule has 0 unspecified atom stereocenters. The van der Waals surface area contributed by atoms with Gasteiger partial charge in [-0.1, -0.05) is 169 Å². The maximum atomic E-state index is 5.13. The summed E-state index contributed by atoms with van der Waals surface area (Å²) < 4.78 is 9.94. The minimum atomic E-state index is 0.805. The van der Waals surface area contributed by atoms with Gasteiger partial charge in [-0.3, -0.25) is 34.9 Å². The van der Waals surface area contributed by atoms with Gasteiger partial charge in [-0.15, -0.1) is 0 Å². The number of pyridine rings is 9. The Balaban J connectivity index is 0.000000115. The molecule has 21 rings (SSSR count). The van der Waals surface area contributed by atoms with Crippen molar-refractivity contribution in [2.45, 2.75) is 0 Å². The van der Waals surface area contributed by atoms with Crippen LogP contribution in [0.2, 0.25) is 0 Å². The van der Waals surface area contributed by atoms with Crippen LogP contribution >= 0.6 is 47.8 Å². The van der Waals surface area contributed by atoms with Gasteiger partial charge in [-0.05, 0) is 252 Å². The van der Waals surface area contributed by atoms with E-state index in [2.05, 4.69) is 318 Å². The van der Waals surface area contributed by atoms with Crippen molar-refractivity contribution in [2.24, 2.45) is 0 Å². The molecular weight excluding hydrogens is 1600 g/mol. The molecule has 0 aliphatic carbocycles. The zero-order valence-corrected chi connectivity index (χ0v) is 65.6. The summed E-state index contributed by atoms with van der Waals surface area (Å²) in [5.74, 6) is 0. The fourth-order valence-corrected chi connectivity index (χ4v) is 16.1. The summed E-state index contributed by atoms with van der Waals surface area (Å²) in [5.41, 5.74) is 30.7. The Morgan fingerprint density at radius 3 is 0.904 bits per heavy atom. The van der Waals surface area contributed by atoms with E-state index in [1.807, 2.05) is 134 Å². The first-order valence-corrected chi connectivity index (χ1v) is 39.5. The first kappa shape index (κ1) is 70.5. The predicted octanol–water partition coefficient (Wildman–Crippen LogP) is 26.2. The van der Waals surface area contributed by atoms with Gasteiger partial charge in [-0.2, -0.15) is 0 Å². The van der Waals surface area contributed by atoms with Gasteiger partial charge in [-0.25, -0.2) is 9.97 Å². The van der Waals surface area contributed by atoms with Crippen LogP contribution in [0.1, 0.15) is 0 Å². The van der Waals surface area contributed by atoms with Crippen molar-refractivity contribution in [1.82, 2.24) is 58.6 Å². The maximum absolute atomic E-state index is 5.13. The smallest absolute Gasteiger partial charge is 0.0963 e. The topological polar surface area (TPSA) is 131 Å². The molecule has 0 fully saturated rings. The lowest BCUT2D eigenvalue weighted by atomic mass is 9.96. The molecule has 0 atom stereocenters. The molecule has 114 heavy (non-hydrogen) atoms. The summed E-state index contributed by atoms with van der Waals surface area (Å²) in [6, 6.07) is 117. The average Bonchev–Trinajstić information content (AvgIpc) is 1.53. The fourth-order valence-electron chi connectivity index (χ4n) is 15.1. The van der Waals surface area contributed by atoms with Crippen molar-refractivity contribution < 1.29 is 0 Å². The minimum absolute atomic E-state index is 0.805. The van der Waals surface area contributed by atoms with Crippen LogP contribution in [0.3, 0.4) is 0 Å². The van der Waals surface area contributed by atoms with Gasteiger partial charge in [0.15, 0.2) is 0 Å². The molecular formula is C99H63Br3N12. The van der Waals surface area contributed by atoms with Crippen LogP contribution in [0.25, 0.3) is 184 Å². The van der Waals surface area contributed by atoms with Crippen molar-refractivity contribution in [3.63, 3.8) is 0 Å². The molecule has 0 saturated carbocycles. The van der Waals surface area contributed by atoms with Gasteiger partial charge in [0, 0.05) is 112 Å². The number of rotatable bonds is 12. The summed E-state index contributed by atoms with van der Waals surface area (Å²) in [4.78, 5) is 42.5. The number of benzene rings is 9. The van der Waals surface area contributed by atoms with E-state index in [0.29, 0.717) is 0 Å². The molecule has 12 aromatic heterocycles. The molecule has 21 aromatic rings. The highest BCUT2D eigenvalue weighted by atomic mass is 79.9. The Kier molecular flexibility index (Phi) is 19.3. The Morgan fingerprint density at radius 1 is 0.175 bits per heavy atom. The minimum Gasteiger partial charge on any atom is -0.308 e. The molecule has 12 nitrogen and oxygen atoms in total. The Labute approximate surface area is 681 Å². The van der Waals surface area contributed by atoms with Crippen molar-refractivity contribution in [3.05, 3.63) is 397 Å². The highest BCUT2D eigenvalue weighted by Gasteiger charge is 2.21. The highest BCUT2D eigenvalue weighted by Crippen LogP contribution is 2.41. The second-order valence-electron chi connectivity index (χ2n) is 27.4. The fraction of sp³-hybridized carbons (Fsp3) is 0. The molecule has 0 aliphatic heterocycles. The van der Waals surface area contributed by atoms with E-state index in [9.17, 15) is 0 Å². The molecule has 0 amide bonds. The number of halogens is 3. The summed E-state index contributed by atoms with van der Waals surface area (Å²) in [7, 11) is 0. The molecule has 12 heterocycles. The Morgan fingerprint density at radius 2 is 0.491 bits per heavy atom. The lowest BCUT2D eigenvalue weighted by Gasteiger charge is -2.13. The molecule has 540 valence electrons. The SMILES string of the molecule is Brc1ccc2c3ncccc3n(-c3cccc(-c4cc(-c5ccccc5)cc(-c5ccccc5)n4)c3)c2c1.Brc1ccc2c3ncccc3n(-c3cccc(-c4cc(-c5ccccn5)cc(-c5ccccn5)c4)c3)c2c1.Brc1ccc2c3ncccc3n(-c3cccc(-c4cc(-c5ccccn5)nc(-c5ccccn5)c4)c3)c2c1. The molecule has 0 bridgehead atoms. The van der Waals surface area contributed by atoms with Crippen LogP contribution < -0.4 is 0 Å². The van der Waals surface area contributed by atoms with Gasteiger partial charge < -0.3 is 13.7 Å². The number of hydrogen-bond donors (Lipinski definition) is 0. The first-order valence-electron chi connectivity index (χ1n) is 37.2. The summed E-state index contributed by atoms with van der Waals surface area (Å²) in [5, 5.41) is 3.38. The summed E-state index contributed by atoms with van der Waals surface area (Å²) in [6.45, 7) is 0. The predicted molar refractivity (Wildman–Crippen MR) is 475 cm³/mol. The van der Waals surface area contributed by atoms with Gasteiger partial charge in [0.25, 0.3) is 0 Å². The molecule has 9 aromatic carbocycles. The third kappa shape index (κ3) is 14.1. The second kappa shape index (κ2) is 31.1. The van der Waals surface area contributed by atoms with Gasteiger partial charge in [0.2, 0.25) is 0 Å². The molecule has 0 N–H and O–H groups in total. The molecule has 0 radical (unpaired) electrons. The largest absolute Gasteiger partial charge is 0.308 e. The standard InChI is InChI=1S/C34H22BrN3.C33H21BrN4.C32H20BrN5/c35-27-16-17-29-33(22-27)38(32-15-8-18-36-34(29)32)28-14-7-13-25(19-28)31-21-26(23-9-3-1-4-10-23)20-30(37-31)24-11-5-2-6-12-24;34-26-12-13-28-32(21-26)38(31-11-6-16-37-33(28)31)27-8-5-7-22(20-27)23-17-24(29-9-1-3-14-35-29)19-25(18-23)30-10-2-4-15-36-30;33-23-12-13-25-31(20-23)38(30-11-6-16-36-32(25)30)24-8-5-7-21(17-24)22-18-28(26-9-1-3-14-34-26)37-29(19-22)27-10-2-4-15-35-27/h1-22H;1-21H;1-20H. The van der Waals surface area contributed by atoms with Gasteiger partial charge >= 0.3 is 0 Å². The third-order valence-electron chi connectivity index (χ3n) is 20.3. The van der Waals surface area contributed by atoms with E-state index in [4.69, 9.17) is 24.9 Å². The number of nitrogens with zero attached hydrogens (tertiary/aromatic N) is 12. The molecule has 0 spiro atoms. The van der Waals surface area contributed by atoms with E-state index in [1.54, 1.807) is 12.4 Å². The summed E-state index contributed by atoms with van der Waals surface area (Å²) >= 11 is 11.0. The third-order valence-corrected chi connectivity index (χ3v) is 21.7. The van der Waals surface area contributed by atoms with Crippen molar-refractivity contribution in [2.75, 3.05) is 0 Å². The zero-order chi connectivity index (χ0) is 76.4. The molecule has 0 aliphatic rings. The Hall–Kier alpha value is -13.8. The van der Waals surface area contributed by atoms with Crippen LogP contribution in [0.4, 0.5) is 0 Å². The van der Waals surface area contributed by atoms with E-state index >= 15 is 0 Å². The second-order valence-corrected chi connectivity index (χ2v) is 30.1. The highest BCUT2D eigenvalue weighted by molar-refractivity contribution is 9.11. The maximum Gasteiger partial charge on any atom is 0.0963 e.